The Bertz CT molecular complexity index is 1290. The zero-order valence-corrected chi connectivity index (χ0v) is 23.4. The molecule has 1 saturated heterocycles. The Balaban J connectivity index is 1.31. The van der Waals surface area contributed by atoms with Gasteiger partial charge in [0.1, 0.15) is 30.4 Å². The Hall–Kier alpha value is -3.39. The third-order valence-corrected chi connectivity index (χ3v) is 8.25. The largest absolute Gasteiger partial charge is 0.508 e. The smallest absolute Gasteiger partial charge is 0.405 e. The Labute approximate surface area is 240 Å². The molecule has 41 heavy (non-hydrogen) atoms. The van der Waals surface area contributed by atoms with Crippen LogP contribution in [-0.4, -0.2) is 54.1 Å². The summed E-state index contributed by atoms with van der Waals surface area (Å²) in [7, 11) is 0. The van der Waals surface area contributed by atoms with E-state index in [0.29, 0.717) is 24.5 Å². The van der Waals surface area contributed by atoms with Crippen molar-refractivity contribution in [3.8, 4) is 17.2 Å². The van der Waals surface area contributed by atoms with Crippen LogP contribution in [0.5, 0.6) is 17.2 Å². The van der Waals surface area contributed by atoms with Crippen LogP contribution < -0.4 is 9.64 Å². The molecule has 1 unspecified atom stereocenters. The number of benzene rings is 3. The van der Waals surface area contributed by atoms with Gasteiger partial charge in [-0.05, 0) is 104 Å². The lowest BCUT2D eigenvalue weighted by Crippen LogP contribution is -2.35. The van der Waals surface area contributed by atoms with E-state index in [-0.39, 0.29) is 24.0 Å². The monoisotopic (exact) mass is 568 g/mol. The first-order valence-corrected chi connectivity index (χ1v) is 14.6. The highest BCUT2D eigenvalue weighted by molar-refractivity contribution is 5.60. The van der Waals surface area contributed by atoms with Gasteiger partial charge in [-0.2, -0.15) is 13.2 Å². The summed E-state index contributed by atoms with van der Waals surface area (Å²) in [6.45, 7) is 2.57. The second-order valence-electron chi connectivity index (χ2n) is 11.4. The second kappa shape index (κ2) is 13.1. The number of phenols is 2. The number of ether oxygens (including phenoxy) is 1. The Morgan fingerprint density at radius 3 is 2.29 bits per heavy atom. The number of rotatable bonds is 9. The summed E-state index contributed by atoms with van der Waals surface area (Å²) in [5.41, 5.74) is 4.08. The fourth-order valence-electron chi connectivity index (χ4n) is 6.16. The van der Waals surface area contributed by atoms with E-state index in [1.807, 2.05) is 30.3 Å². The van der Waals surface area contributed by atoms with E-state index < -0.39 is 12.7 Å². The van der Waals surface area contributed by atoms with Crippen molar-refractivity contribution in [3.63, 3.8) is 0 Å². The molecule has 3 aromatic rings. The van der Waals surface area contributed by atoms with Gasteiger partial charge in [0.05, 0.1) is 0 Å². The minimum Gasteiger partial charge on any atom is -0.508 e. The predicted molar refractivity (Wildman–Crippen MR) is 155 cm³/mol. The molecule has 5 nitrogen and oxygen atoms in total. The van der Waals surface area contributed by atoms with Gasteiger partial charge in [0.2, 0.25) is 0 Å². The van der Waals surface area contributed by atoms with Gasteiger partial charge in [-0.25, -0.2) is 0 Å². The van der Waals surface area contributed by atoms with Crippen LogP contribution in [0.2, 0.25) is 0 Å². The number of likely N-dealkylation sites (tertiary alicyclic amines) is 1. The third-order valence-electron chi connectivity index (χ3n) is 8.25. The fraction of sp³-hybridized carbons (Fsp3) is 0.455. The summed E-state index contributed by atoms with van der Waals surface area (Å²) in [6, 6.07) is 17.3. The van der Waals surface area contributed by atoms with Crippen molar-refractivity contribution in [2.24, 2.45) is 0 Å². The Morgan fingerprint density at radius 2 is 1.56 bits per heavy atom. The lowest BCUT2D eigenvalue weighted by molar-refractivity contribution is -0.120. The lowest BCUT2D eigenvalue weighted by Gasteiger charge is -2.32. The quantitative estimate of drug-likeness (QED) is 0.286. The van der Waals surface area contributed by atoms with Gasteiger partial charge in [0.15, 0.2) is 0 Å². The highest BCUT2D eigenvalue weighted by Gasteiger charge is 2.33. The molecular weight excluding hydrogens is 529 g/mol. The first kappa shape index (κ1) is 29.1. The number of alkyl halides is 3. The number of fused-ring (bicyclic) bond motifs is 1. The van der Waals surface area contributed by atoms with Crippen LogP contribution in [0, 0.1) is 0 Å². The molecule has 1 heterocycles. The molecule has 1 fully saturated rings. The van der Waals surface area contributed by atoms with Crippen molar-refractivity contribution in [2.45, 2.75) is 63.6 Å². The molecule has 8 heteroatoms. The number of phenolic OH excluding ortho intramolecular Hbond substituents is 2. The van der Waals surface area contributed by atoms with Gasteiger partial charge in [-0.3, -0.25) is 4.90 Å². The zero-order chi connectivity index (χ0) is 28.8. The maximum absolute atomic E-state index is 13.8. The van der Waals surface area contributed by atoms with Crippen LogP contribution in [0.3, 0.4) is 0 Å². The van der Waals surface area contributed by atoms with E-state index in [0.717, 1.165) is 54.7 Å². The van der Waals surface area contributed by atoms with Gasteiger partial charge in [0.25, 0.3) is 0 Å². The van der Waals surface area contributed by atoms with Gasteiger partial charge in [-0.1, -0.05) is 37.1 Å². The van der Waals surface area contributed by atoms with Crippen LogP contribution in [0.15, 0.2) is 60.7 Å². The SMILES string of the molecule is Oc1ccc2c(c1)CCC(c1ccc(O)cc1N(Cc1ccc(OCCN3CCCCCC3)cc1)CC(F)(F)F)C2. The highest BCUT2D eigenvalue weighted by Crippen LogP contribution is 2.40. The summed E-state index contributed by atoms with van der Waals surface area (Å²) in [6.07, 6.45) is 2.74. The van der Waals surface area contributed by atoms with Gasteiger partial charge < -0.3 is 19.8 Å². The van der Waals surface area contributed by atoms with Crippen molar-refractivity contribution in [3.05, 3.63) is 82.9 Å². The van der Waals surface area contributed by atoms with E-state index in [9.17, 15) is 23.4 Å². The van der Waals surface area contributed by atoms with Gasteiger partial charge >= 0.3 is 6.18 Å². The molecule has 0 amide bonds. The van der Waals surface area contributed by atoms with E-state index >= 15 is 0 Å². The average Bonchev–Trinajstić information content (AvgIpc) is 3.21. The first-order valence-electron chi connectivity index (χ1n) is 14.6. The number of hydrogen-bond donors (Lipinski definition) is 2. The molecule has 5 rings (SSSR count). The van der Waals surface area contributed by atoms with Crippen LogP contribution in [0.1, 0.15) is 60.3 Å². The number of anilines is 1. The minimum atomic E-state index is -4.42. The van der Waals surface area contributed by atoms with E-state index in [1.165, 1.54) is 36.6 Å². The molecule has 0 aromatic heterocycles. The van der Waals surface area contributed by atoms with Crippen LogP contribution in [0.4, 0.5) is 18.9 Å². The number of aryl methyl sites for hydroxylation is 1. The summed E-state index contributed by atoms with van der Waals surface area (Å²) >= 11 is 0. The molecule has 1 aliphatic heterocycles. The fourth-order valence-corrected chi connectivity index (χ4v) is 6.16. The molecule has 3 aromatic carbocycles. The van der Waals surface area contributed by atoms with E-state index in [4.69, 9.17) is 4.74 Å². The Morgan fingerprint density at radius 1 is 0.854 bits per heavy atom. The standard InChI is InChI=1S/C33H39F3N2O3/c34-33(35,36)23-38(22-24-5-12-30(13-6-24)41-18-17-37-15-3-1-2-4-16-37)32-21-29(40)11-14-31(32)27-8-7-26-20-28(39)10-9-25(26)19-27/h5-6,9-14,20-21,27,39-40H,1-4,7-8,15-19,22-23H2. The third kappa shape index (κ3) is 8.09. The number of halogens is 3. The summed E-state index contributed by atoms with van der Waals surface area (Å²) in [5.74, 6) is 0.858. The zero-order valence-electron chi connectivity index (χ0n) is 23.4. The van der Waals surface area contributed by atoms with E-state index in [1.54, 1.807) is 24.3 Å². The Kier molecular flexibility index (Phi) is 9.28. The maximum atomic E-state index is 13.8. The van der Waals surface area contributed by atoms with Crippen LogP contribution >= 0.6 is 0 Å². The molecule has 0 spiro atoms. The molecule has 2 N–H and O–H groups in total. The van der Waals surface area contributed by atoms with Crippen LogP contribution in [0.25, 0.3) is 0 Å². The lowest BCUT2D eigenvalue weighted by atomic mass is 9.79. The van der Waals surface area contributed by atoms with Gasteiger partial charge in [-0.15, -0.1) is 0 Å². The van der Waals surface area contributed by atoms with Gasteiger partial charge in [0, 0.05) is 24.8 Å². The molecular formula is C33H39F3N2O3. The van der Waals surface area contributed by atoms with Crippen molar-refractivity contribution < 1.29 is 28.1 Å². The van der Waals surface area contributed by atoms with Crippen molar-refractivity contribution in [1.82, 2.24) is 4.90 Å². The highest BCUT2D eigenvalue weighted by atomic mass is 19.4. The van der Waals surface area contributed by atoms with Crippen LogP contribution in [-0.2, 0) is 19.4 Å². The molecule has 220 valence electrons. The van der Waals surface area contributed by atoms with Crippen molar-refractivity contribution in [1.29, 1.82) is 0 Å². The predicted octanol–water partition coefficient (Wildman–Crippen LogP) is 7.19. The number of nitrogens with zero attached hydrogens (tertiary/aromatic N) is 2. The van der Waals surface area contributed by atoms with Crippen molar-refractivity contribution >= 4 is 5.69 Å². The molecule has 2 aliphatic rings. The normalized spacial score (nSPS) is 18.0. The molecule has 0 bridgehead atoms. The second-order valence-corrected chi connectivity index (χ2v) is 11.4. The average molecular weight is 569 g/mol. The molecule has 0 radical (unpaired) electrons. The topological polar surface area (TPSA) is 56.2 Å². The summed E-state index contributed by atoms with van der Waals surface area (Å²) in [4.78, 5) is 3.74. The molecule has 1 aliphatic carbocycles. The summed E-state index contributed by atoms with van der Waals surface area (Å²) < 4.78 is 47.4. The van der Waals surface area contributed by atoms with E-state index in [2.05, 4.69) is 4.90 Å². The number of aromatic hydroxyl groups is 2. The number of hydrogen-bond acceptors (Lipinski definition) is 5. The van der Waals surface area contributed by atoms with Crippen molar-refractivity contribution in [2.75, 3.05) is 37.7 Å². The summed E-state index contributed by atoms with van der Waals surface area (Å²) in [5, 5.41) is 20.1. The molecule has 1 atom stereocenters. The minimum absolute atomic E-state index is 0.00152. The molecule has 0 saturated carbocycles. The maximum Gasteiger partial charge on any atom is 0.405 e. The first-order chi connectivity index (χ1) is 19.7.